The molecule has 0 aromatic rings. The Morgan fingerprint density at radius 1 is 1.24 bits per heavy atom. The van der Waals surface area contributed by atoms with Gasteiger partial charge in [-0.15, -0.1) is 0 Å². The summed E-state index contributed by atoms with van der Waals surface area (Å²) in [6, 6.07) is 0. The Morgan fingerprint density at radius 2 is 1.90 bits per heavy atom. The lowest BCUT2D eigenvalue weighted by molar-refractivity contribution is -0.142. The summed E-state index contributed by atoms with van der Waals surface area (Å²) < 4.78 is 9.97. The lowest BCUT2D eigenvalue weighted by atomic mass is 10.1. The molecular weight excluding hydrogens is 272 g/mol. The standard InChI is InChI=1S/C15H28N2O4/c1-13(2)12-14(18)17(5-4-15(19)20-3)7-6-16-8-10-21-11-9-16/h13H,4-12H2,1-3H3. The number of hydrogen-bond acceptors (Lipinski definition) is 5. The molecule has 0 unspecified atom stereocenters. The summed E-state index contributed by atoms with van der Waals surface area (Å²) in [4.78, 5) is 27.6. The van der Waals surface area contributed by atoms with Crippen molar-refractivity contribution in [1.82, 2.24) is 9.80 Å². The summed E-state index contributed by atoms with van der Waals surface area (Å²) in [5.74, 6) is 0.160. The molecule has 6 heteroatoms. The lowest BCUT2D eigenvalue weighted by Crippen LogP contribution is -2.43. The van der Waals surface area contributed by atoms with Gasteiger partial charge in [0.2, 0.25) is 5.91 Å². The second-order valence-corrected chi connectivity index (χ2v) is 5.76. The van der Waals surface area contributed by atoms with Gasteiger partial charge in [0.25, 0.3) is 0 Å². The van der Waals surface area contributed by atoms with E-state index in [1.165, 1.54) is 7.11 Å². The van der Waals surface area contributed by atoms with E-state index >= 15 is 0 Å². The molecule has 0 aliphatic carbocycles. The first kappa shape index (κ1) is 17.9. The highest BCUT2D eigenvalue weighted by atomic mass is 16.5. The van der Waals surface area contributed by atoms with Crippen LogP contribution in [0.2, 0.25) is 0 Å². The molecule has 0 saturated carbocycles. The zero-order valence-electron chi connectivity index (χ0n) is 13.5. The number of amides is 1. The third-order valence-corrected chi connectivity index (χ3v) is 3.54. The van der Waals surface area contributed by atoms with Crippen molar-refractivity contribution in [1.29, 1.82) is 0 Å². The molecule has 6 nitrogen and oxygen atoms in total. The Bertz CT molecular complexity index is 328. The number of carbonyl (C=O) groups is 2. The van der Waals surface area contributed by atoms with Crippen molar-refractivity contribution in [3.8, 4) is 0 Å². The molecular formula is C15H28N2O4. The van der Waals surface area contributed by atoms with Crippen LogP contribution in [-0.4, -0.2) is 74.7 Å². The van der Waals surface area contributed by atoms with Crippen LogP contribution in [0.5, 0.6) is 0 Å². The summed E-state index contributed by atoms with van der Waals surface area (Å²) in [5.41, 5.74) is 0. The zero-order chi connectivity index (χ0) is 15.7. The summed E-state index contributed by atoms with van der Waals surface area (Å²) in [6.45, 7) is 9.28. The van der Waals surface area contributed by atoms with Gasteiger partial charge in [0.05, 0.1) is 26.7 Å². The van der Waals surface area contributed by atoms with Crippen LogP contribution in [0.25, 0.3) is 0 Å². The fraction of sp³-hybridized carbons (Fsp3) is 0.867. The van der Waals surface area contributed by atoms with Gasteiger partial charge in [0.15, 0.2) is 0 Å². The van der Waals surface area contributed by atoms with Crippen LogP contribution >= 0.6 is 0 Å². The molecule has 0 bridgehead atoms. The Balaban J connectivity index is 2.45. The fourth-order valence-corrected chi connectivity index (χ4v) is 2.25. The fourth-order valence-electron chi connectivity index (χ4n) is 2.25. The normalized spacial score (nSPS) is 16.0. The average molecular weight is 300 g/mol. The molecule has 1 heterocycles. The van der Waals surface area contributed by atoms with Gasteiger partial charge in [-0.1, -0.05) is 13.8 Å². The molecule has 0 atom stereocenters. The zero-order valence-corrected chi connectivity index (χ0v) is 13.5. The van der Waals surface area contributed by atoms with E-state index in [0.29, 0.717) is 25.4 Å². The quantitative estimate of drug-likeness (QED) is 0.619. The summed E-state index contributed by atoms with van der Waals surface area (Å²) >= 11 is 0. The molecule has 1 amide bonds. The largest absolute Gasteiger partial charge is 0.469 e. The van der Waals surface area contributed by atoms with E-state index in [1.54, 1.807) is 4.90 Å². The number of morpholine rings is 1. The second kappa shape index (κ2) is 9.73. The highest BCUT2D eigenvalue weighted by Gasteiger charge is 2.18. The molecule has 0 aromatic heterocycles. The van der Waals surface area contributed by atoms with Crippen molar-refractivity contribution < 1.29 is 19.1 Å². The van der Waals surface area contributed by atoms with Gasteiger partial charge in [-0.05, 0) is 5.92 Å². The first-order chi connectivity index (χ1) is 10.0. The minimum absolute atomic E-state index is 0.113. The van der Waals surface area contributed by atoms with Crippen molar-refractivity contribution in [2.24, 2.45) is 5.92 Å². The number of ether oxygens (including phenoxy) is 2. The number of carbonyl (C=O) groups excluding carboxylic acids is 2. The molecule has 0 radical (unpaired) electrons. The van der Waals surface area contributed by atoms with Gasteiger partial charge < -0.3 is 14.4 Å². The van der Waals surface area contributed by atoms with Crippen LogP contribution in [0.1, 0.15) is 26.7 Å². The highest BCUT2D eigenvalue weighted by Crippen LogP contribution is 2.06. The SMILES string of the molecule is COC(=O)CCN(CCN1CCOCC1)C(=O)CC(C)C. The van der Waals surface area contributed by atoms with E-state index in [0.717, 1.165) is 32.8 Å². The van der Waals surface area contributed by atoms with Gasteiger partial charge in [0.1, 0.15) is 0 Å². The third-order valence-electron chi connectivity index (χ3n) is 3.54. The van der Waals surface area contributed by atoms with E-state index in [1.807, 2.05) is 13.8 Å². The smallest absolute Gasteiger partial charge is 0.307 e. The molecule has 1 aliphatic rings. The number of nitrogens with zero attached hydrogens (tertiary/aromatic N) is 2. The molecule has 1 fully saturated rings. The van der Waals surface area contributed by atoms with Gasteiger partial charge in [-0.2, -0.15) is 0 Å². The summed E-state index contributed by atoms with van der Waals surface area (Å²) in [7, 11) is 1.37. The molecule has 0 N–H and O–H groups in total. The van der Waals surface area contributed by atoms with Gasteiger partial charge >= 0.3 is 5.97 Å². The minimum atomic E-state index is -0.274. The predicted molar refractivity (Wildman–Crippen MR) is 79.9 cm³/mol. The molecule has 0 aromatic carbocycles. The molecule has 1 rings (SSSR count). The van der Waals surface area contributed by atoms with Crippen molar-refractivity contribution in [3.05, 3.63) is 0 Å². The van der Waals surface area contributed by atoms with Gasteiger partial charge in [0, 0.05) is 39.1 Å². The number of methoxy groups -OCH3 is 1. The van der Waals surface area contributed by atoms with Crippen molar-refractivity contribution in [2.45, 2.75) is 26.7 Å². The highest BCUT2D eigenvalue weighted by molar-refractivity contribution is 5.77. The Labute approximate surface area is 127 Å². The lowest BCUT2D eigenvalue weighted by Gasteiger charge is -2.30. The first-order valence-electron chi connectivity index (χ1n) is 7.67. The van der Waals surface area contributed by atoms with E-state index < -0.39 is 0 Å². The minimum Gasteiger partial charge on any atom is -0.469 e. The van der Waals surface area contributed by atoms with Gasteiger partial charge in [-0.25, -0.2) is 0 Å². The number of rotatable bonds is 8. The Morgan fingerprint density at radius 3 is 2.48 bits per heavy atom. The Hall–Kier alpha value is -1.14. The number of hydrogen-bond donors (Lipinski definition) is 0. The van der Waals surface area contributed by atoms with Crippen LogP contribution in [0.15, 0.2) is 0 Å². The maximum absolute atomic E-state index is 12.3. The Kier molecular flexibility index (Phi) is 8.30. The molecule has 21 heavy (non-hydrogen) atoms. The molecule has 1 aliphatic heterocycles. The van der Waals surface area contributed by atoms with E-state index in [-0.39, 0.29) is 18.3 Å². The van der Waals surface area contributed by atoms with Crippen molar-refractivity contribution in [2.75, 3.05) is 53.0 Å². The van der Waals surface area contributed by atoms with Crippen molar-refractivity contribution >= 4 is 11.9 Å². The second-order valence-electron chi connectivity index (χ2n) is 5.76. The van der Waals surface area contributed by atoms with Crippen LogP contribution in [0.3, 0.4) is 0 Å². The molecule has 0 spiro atoms. The first-order valence-corrected chi connectivity index (χ1v) is 7.67. The third kappa shape index (κ3) is 7.43. The topological polar surface area (TPSA) is 59.1 Å². The summed E-state index contributed by atoms with van der Waals surface area (Å²) in [6.07, 6.45) is 0.772. The predicted octanol–water partition coefficient (Wildman–Crippen LogP) is 0.756. The van der Waals surface area contributed by atoms with Crippen LogP contribution in [0, 0.1) is 5.92 Å². The van der Waals surface area contributed by atoms with Crippen LogP contribution in [-0.2, 0) is 19.1 Å². The van der Waals surface area contributed by atoms with E-state index in [9.17, 15) is 9.59 Å². The maximum atomic E-state index is 12.3. The summed E-state index contributed by atoms with van der Waals surface area (Å²) in [5, 5.41) is 0. The van der Waals surface area contributed by atoms with Gasteiger partial charge in [-0.3, -0.25) is 14.5 Å². The van der Waals surface area contributed by atoms with E-state index in [4.69, 9.17) is 4.74 Å². The average Bonchev–Trinajstić information content (AvgIpc) is 2.47. The molecule has 122 valence electrons. The van der Waals surface area contributed by atoms with Crippen LogP contribution in [0.4, 0.5) is 0 Å². The monoisotopic (exact) mass is 300 g/mol. The van der Waals surface area contributed by atoms with Crippen LogP contribution < -0.4 is 0 Å². The van der Waals surface area contributed by atoms with E-state index in [2.05, 4.69) is 9.64 Å². The molecule has 1 saturated heterocycles. The number of esters is 1. The van der Waals surface area contributed by atoms with Crippen molar-refractivity contribution in [3.63, 3.8) is 0 Å². The maximum Gasteiger partial charge on any atom is 0.307 e.